The quantitative estimate of drug-likeness (QED) is 0.825. The molecular weight excluding hydrogens is 190 g/mol. The van der Waals surface area contributed by atoms with Crippen molar-refractivity contribution in [1.29, 1.82) is 5.26 Å². The maximum atomic E-state index is 10.1. The van der Waals surface area contributed by atoms with Gasteiger partial charge in [0.05, 0.1) is 11.5 Å². The third-order valence-electron chi connectivity index (χ3n) is 3.29. The lowest BCUT2D eigenvalue weighted by Gasteiger charge is -2.38. The van der Waals surface area contributed by atoms with Crippen molar-refractivity contribution < 1.29 is 9.52 Å². The maximum absolute atomic E-state index is 10.1. The van der Waals surface area contributed by atoms with Gasteiger partial charge in [-0.1, -0.05) is 13.3 Å². The normalized spacial score (nSPS) is 20.3. The van der Waals surface area contributed by atoms with Crippen LogP contribution in [0.2, 0.25) is 0 Å². The molecule has 0 bridgehead atoms. The zero-order valence-electron chi connectivity index (χ0n) is 8.86. The molecule has 80 valence electrons. The Labute approximate surface area is 89.3 Å². The van der Waals surface area contributed by atoms with Crippen LogP contribution >= 0.6 is 0 Å². The summed E-state index contributed by atoms with van der Waals surface area (Å²) in [6, 6.07) is 5.87. The number of aliphatic hydroxyl groups is 1. The van der Waals surface area contributed by atoms with Crippen LogP contribution in [0.4, 0.5) is 0 Å². The monoisotopic (exact) mass is 205 g/mol. The summed E-state index contributed by atoms with van der Waals surface area (Å²) in [5.41, 5.74) is -0.594. The largest absolute Gasteiger partial charge is 0.463 e. The van der Waals surface area contributed by atoms with Gasteiger partial charge in [0.2, 0.25) is 0 Å². The summed E-state index contributed by atoms with van der Waals surface area (Å²) in [4.78, 5) is 0. The van der Waals surface area contributed by atoms with E-state index in [4.69, 9.17) is 9.68 Å². The van der Waals surface area contributed by atoms with Gasteiger partial charge in [-0.15, -0.1) is 0 Å². The lowest BCUT2D eigenvalue weighted by molar-refractivity contribution is -0.00689. The van der Waals surface area contributed by atoms with Crippen molar-refractivity contribution in [3.05, 3.63) is 23.7 Å². The fourth-order valence-corrected chi connectivity index (χ4v) is 2.01. The molecule has 1 aromatic heterocycles. The van der Waals surface area contributed by atoms with Crippen LogP contribution in [0.15, 0.2) is 16.5 Å². The van der Waals surface area contributed by atoms with Crippen molar-refractivity contribution in [2.24, 2.45) is 5.41 Å². The lowest BCUT2D eigenvalue weighted by atomic mass is 9.65. The second-order valence-electron chi connectivity index (χ2n) is 4.18. The molecule has 0 aliphatic heterocycles. The smallest absolute Gasteiger partial charge is 0.134 e. The number of aliphatic hydroxyl groups excluding tert-OH is 1. The van der Waals surface area contributed by atoms with Crippen molar-refractivity contribution in [2.45, 2.75) is 38.7 Å². The first-order valence-electron chi connectivity index (χ1n) is 5.40. The first-order chi connectivity index (χ1) is 7.22. The highest BCUT2D eigenvalue weighted by Crippen LogP contribution is 2.49. The van der Waals surface area contributed by atoms with E-state index in [1.807, 2.05) is 13.0 Å². The SMILES string of the molecule is CCc1ccc(C(O)C2(C#N)CCC2)o1. The van der Waals surface area contributed by atoms with Crippen molar-refractivity contribution in [3.8, 4) is 6.07 Å². The maximum Gasteiger partial charge on any atom is 0.134 e. The first-order valence-corrected chi connectivity index (χ1v) is 5.40. The number of hydrogen-bond donors (Lipinski definition) is 1. The second kappa shape index (κ2) is 3.71. The van der Waals surface area contributed by atoms with Gasteiger partial charge in [0.25, 0.3) is 0 Å². The fourth-order valence-electron chi connectivity index (χ4n) is 2.01. The summed E-state index contributed by atoms with van der Waals surface area (Å²) in [6.45, 7) is 2.00. The molecule has 0 amide bonds. The van der Waals surface area contributed by atoms with Gasteiger partial charge in [-0.2, -0.15) is 5.26 Å². The molecule has 1 fully saturated rings. The number of aryl methyl sites for hydroxylation is 1. The third kappa shape index (κ3) is 1.55. The van der Waals surface area contributed by atoms with Gasteiger partial charge in [0, 0.05) is 6.42 Å². The number of rotatable bonds is 3. The summed E-state index contributed by atoms with van der Waals surface area (Å²) in [7, 11) is 0. The molecule has 1 heterocycles. The zero-order chi connectivity index (χ0) is 10.9. The van der Waals surface area contributed by atoms with Gasteiger partial charge in [-0.25, -0.2) is 0 Å². The Morgan fingerprint density at radius 1 is 1.60 bits per heavy atom. The van der Waals surface area contributed by atoms with Crippen LogP contribution in [0.1, 0.15) is 43.8 Å². The highest BCUT2D eigenvalue weighted by atomic mass is 16.4. The molecule has 2 rings (SSSR count). The standard InChI is InChI=1S/C12H15NO2/c1-2-9-4-5-10(15-9)11(14)12(8-13)6-3-7-12/h4-5,11,14H,2-3,6-7H2,1H3. The van der Waals surface area contributed by atoms with Crippen LogP contribution in [-0.4, -0.2) is 5.11 Å². The van der Waals surface area contributed by atoms with E-state index < -0.39 is 11.5 Å². The van der Waals surface area contributed by atoms with E-state index in [9.17, 15) is 5.11 Å². The average Bonchev–Trinajstić information content (AvgIpc) is 2.64. The molecule has 1 N–H and O–H groups in total. The summed E-state index contributed by atoms with van der Waals surface area (Å²) in [6.07, 6.45) is 2.61. The van der Waals surface area contributed by atoms with Crippen molar-refractivity contribution >= 4 is 0 Å². The number of nitrogens with zero attached hydrogens (tertiary/aromatic N) is 1. The van der Waals surface area contributed by atoms with Gasteiger partial charge in [-0.05, 0) is 25.0 Å². The Morgan fingerprint density at radius 3 is 2.73 bits per heavy atom. The molecule has 15 heavy (non-hydrogen) atoms. The number of nitriles is 1. The first kappa shape index (κ1) is 10.3. The molecule has 0 radical (unpaired) electrons. The third-order valence-corrected chi connectivity index (χ3v) is 3.29. The van der Waals surface area contributed by atoms with E-state index >= 15 is 0 Å². The van der Waals surface area contributed by atoms with E-state index in [1.165, 1.54) is 0 Å². The molecule has 1 aromatic rings. The topological polar surface area (TPSA) is 57.2 Å². The van der Waals surface area contributed by atoms with E-state index in [-0.39, 0.29) is 0 Å². The molecule has 1 atom stereocenters. The van der Waals surface area contributed by atoms with Gasteiger partial charge >= 0.3 is 0 Å². The summed E-state index contributed by atoms with van der Waals surface area (Å²) >= 11 is 0. The van der Waals surface area contributed by atoms with Crippen LogP contribution in [0.25, 0.3) is 0 Å². The van der Waals surface area contributed by atoms with E-state index in [1.54, 1.807) is 6.07 Å². The molecule has 0 aromatic carbocycles. The van der Waals surface area contributed by atoms with Crippen molar-refractivity contribution in [2.75, 3.05) is 0 Å². The molecule has 0 saturated heterocycles. The molecule has 1 aliphatic rings. The molecule has 1 unspecified atom stereocenters. The van der Waals surface area contributed by atoms with Crippen LogP contribution in [-0.2, 0) is 6.42 Å². The summed E-state index contributed by atoms with van der Waals surface area (Å²) in [5, 5.41) is 19.2. The highest BCUT2D eigenvalue weighted by molar-refractivity contribution is 5.18. The predicted octanol–water partition coefficient (Wildman–Crippen LogP) is 2.57. The van der Waals surface area contributed by atoms with Crippen LogP contribution in [0.3, 0.4) is 0 Å². The van der Waals surface area contributed by atoms with Gasteiger partial charge in [0.1, 0.15) is 17.6 Å². The Hall–Kier alpha value is -1.27. The number of hydrogen-bond acceptors (Lipinski definition) is 3. The van der Waals surface area contributed by atoms with Gasteiger partial charge in [0.15, 0.2) is 0 Å². The number of furan rings is 1. The van der Waals surface area contributed by atoms with Crippen LogP contribution < -0.4 is 0 Å². The van der Waals surface area contributed by atoms with E-state index in [2.05, 4.69) is 6.07 Å². The molecule has 1 aliphatic carbocycles. The molecular formula is C12H15NO2. The summed E-state index contributed by atoms with van der Waals surface area (Å²) in [5.74, 6) is 1.39. The minimum atomic E-state index is -0.767. The molecule has 0 spiro atoms. The molecule has 1 saturated carbocycles. The Balaban J connectivity index is 2.20. The van der Waals surface area contributed by atoms with Gasteiger partial charge in [-0.3, -0.25) is 0 Å². The minimum absolute atomic E-state index is 0.535. The lowest BCUT2D eigenvalue weighted by Crippen LogP contribution is -2.34. The van der Waals surface area contributed by atoms with Gasteiger partial charge < -0.3 is 9.52 Å². The average molecular weight is 205 g/mol. The molecule has 3 heteroatoms. The Kier molecular flexibility index (Phi) is 2.54. The second-order valence-corrected chi connectivity index (χ2v) is 4.18. The fraction of sp³-hybridized carbons (Fsp3) is 0.583. The predicted molar refractivity (Wildman–Crippen MR) is 54.9 cm³/mol. The zero-order valence-corrected chi connectivity index (χ0v) is 8.86. The Morgan fingerprint density at radius 2 is 2.33 bits per heavy atom. The summed E-state index contributed by atoms with van der Waals surface area (Å²) < 4.78 is 5.48. The highest BCUT2D eigenvalue weighted by Gasteiger charge is 2.46. The van der Waals surface area contributed by atoms with Crippen LogP contribution in [0.5, 0.6) is 0 Å². The van der Waals surface area contributed by atoms with E-state index in [0.717, 1.165) is 31.4 Å². The van der Waals surface area contributed by atoms with E-state index in [0.29, 0.717) is 5.76 Å². The Bertz CT molecular complexity index is 385. The van der Waals surface area contributed by atoms with Crippen LogP contribution in [0, 0.1) is 16.7 Å². The van der Waals surface area contributed by atoms with Crippen molar-refractivity contribution in [1.82, 2.24) is 0 Å². The minimum Gasteiger partial charge on any atom is -0.463 e. The molecule has 3 nitrogen and oxygen atoms in total. The van der Waals surface area contributed by atoms with Crippen molar-refractivity contribution in [3.63, 3.8) is 0 Å².